The summed E-state index contributed by atoms with van der Waals surface area (Å²) in [6, 6.07) is 7.90. The van der Waals surface area contributed by atoms with Crippen LogP contribution in [0.5, 0.6) is 11.5 Å². The number of aromatic nitrogens is 2. The number of ether oxygens (including phenoxy) is 3. The average molecular weight is 573 g/mol. The van der Waals surface area contributed by atoms with Gasteiger partial charge in [-0.3, -0.25) is 9.78 Å². The Morgan fingerprint density at radius 1 is 1.17 bits per heavy atom. The predicted octanol–water partition coefficient (Wildman–Crippen LogP) is 5.94. The zero-order chi connectivity index (χ0) is 29.7. The summed E-state index contributed by atoms with van der Waals surface area (Å²) in [5, 5.41) is 2.77. The van der Waals surface area contributed by atoms with Gasteiger partial charge in [0.15, 0.2) is 29.1 Å². The van der Waals surface area contributed by atoms with E-state index in [0.717, 1.165) is 18.4 Å². The fourth-order valence-corrected chi connectivity index (χ4v) is 4.02. The highest BCUT2D eigenvalue weighted by Crippen LogP contribution is 2.39. The van der Waals surface area contributed by atoms with Crippen molar-refractivity contribution in [1.29, 1.82) is 0 Å². The van der Waals surface area contributed by atoms with Crippen molar-refractivity contribution in [2.75, 3.05) is 6.61 Å². The Labute approximate surface area is 236 Å². The fourth-order valence-electron chi connectivity index (χ4n) is 4.02. The summed E-state index contributed by atoms with van der Waals surface area (Å²) in [5.74, 6) is -0.295. The average Bonchev–Trinajstić information content (AvgIpc) is 3.61. The number of oxazole rings is 1. The molecule has 1 aromatic carbocycles. The number of rotatable bonds is 12. The zero-order valence-corrected chi connectivity index (χ0v) is 23.4. The van der Waals surface area contributed by atoms with Crippen LogP contribution in [0.2, 0.25) is 0 Å². The number of halogens is 2. The van der Waals surface area contributed by atoms with Crippen LogP contribution in [0.4, 0.5) is 13.6 Å². The lowest BCUT2D eigenvalue weighted by Crippen LogP contribution is -2.27. The molecule has 0 unspecified atom stereocenters. The van der Waals surface area contributed by atoms with Gasteiger partial charge in [-0.05, 0) is 67.3 Å². The number of carbonyl (C=O) groups excluding carboxylic acids is 2. The molecule has 1 saturated carbocycles. The SMILES string of the molecule is Cc1ccc(CNC(=O)c2nc(-c3ccc(OC(F)F)c(OCC4CC4)c3)oc2[C@H](CC(C)(C)C)OC(N)=O)nc1. The summed E-state index contributed by atoms with van der Waals surface area (Å²) in [7, 11) is 0. The third-order valence-corrected chi connectivity index (χ3v) is 6.20. The van der Waals surface area contributed by atoms with E-state index in [4.69, 9.17) is 19.6 Å². The quantitative estimate of drug-likeness (QED) is 0.272. The number of pyridine rings is 1. The Morgan fingerprint density at radius 3 is 2.54 bits per heavy atom. The summed E-state index contributed by atoms with van der Waals surface area (Å²) in [6.45, 7) is 5.10. The summed E-state index contributed by atoms with van der Waals surface area (Å²) in [5.41, 5.74) is 6.82. The lowest BCUT2D eigenvalue weighted by Gasteiger charge is -2.24. The minimum Gasteiger partial charge on any atom is -0.489 e. The van der Waals surface area contributed by atoms with Crippen molar-refractivity contribution in [2.24, 2.45) is 17.1 Å². The molecular weight excluding hydrogens is 538 g/mol. The lowest BCUT2D eigenvalue weighted by atomic mass is 9.88. The number of aryl methyl sites for hydroxylation is 1. The molecule has 1 aliphatic rings. The van der Waals surface area contributed by atoms with E-state index in [9.17, 15) is 18.4 Å². The number of nitrogens with two attached hydrogens (primary N) is 1. The first-order chi connectivity index (χ1) is 19.4. The maximum atomic E-state index is 13.4. The first-order valence-corrected chi connectivity index (χ1v) is 13.3. The molecule has 1 fully saturated rings. The van der Waals surface area contributed by atoms with E-state index in [1.54, 1.807) is 12.3 Å². The molecule has 3 N–H and O–H groups in total. The number of alkyl halides is 2. The molecule has 0 spiro atoms. The second kappa shape index (κ2) is 12.5. The molecule has 2 amide bonds. The number of primary amides is 1. The topological polar surface area (TPSA) is 139 Å². The van der Waals surface area contributed by atoms with E-state index < -0.39 is 24.7 Å². The Balaban J connectivity index is 1.71. The summed E-state index contributed by atoms with van der Waals surface area (Å²) >= 11 is 0. The van der Waals surface area contributed by atoms with Crippen LogP contribution in [0.25, 0.3) is 11.5 Å². The van der Waals surface area contributed by atoms with E-state index in [1.807, 2.05) is 33.8 Å². The van der Waals surface area contributed by atoms with Gasteiger partial charge in [-0.15, -0.1) is 0 Å². The van der Waals surface area contributed by atoms with Gasteiger partial charge in [0.05, 0.1) is 18.8 Å². The Bertz CT molecular complexity index is 1370. The molecule has 0 saturated heterocycles. The van der Waals surface area contributed by atoms with E-state index in [-0.39, 0.29) is 47.2 Å². The predicted molar refractivity (Wildman–Crippen MR) is 144 cm³/mol. The molecule has 0 radical (unpaired) electrons. The molecule has 0 bridgehead atoms. The first-order valence-electron chi connectivity index (χ1n) is 13.3. The molecular formula is C29H34F2N4O6. The Hall–Kier alpha value is -4.22. The van der Waals surface area contributed by atoms with Crippen molar-refractivity contribution in [1.82, 2.24) is 15.3 Å². The highest BCUT2D eigenvalue weighted by atomic mass is 19.3. The Kier molecular flexibility index (Phi) is 9.09. The molecule has 0 aliphatic heterocycles. The maximum Gasteiger partial charge on any atom is 0.405 e. The molecule has 2 heterocycles. The van der Waals surface area contributed by atoms with Crippen LogP contribution in [-0.2, 0) is 11.3 Å². The van der Waals surface area contributed by atoms with Crippen molar-refractivity contribution >= 4 is 12.0 Å². The third-order valence-electron chi connectivity index (χ3n) is 6.20. The lowest BCUT2D eigenvalue weighted by molar-refractivity contribution is -0.0515. The first kappa shape index (κ1) is 29.8. The number of hydrogen-bond donors (Lipinski definition) is 2. The van der Waals surface area contributed by atoms with Crippen molar-refractivity contribution in [2.45, 2.75) is 66.2 Å². The van der Waals surface area contributed by atoms with Crippen LogP contribution >= 0.6 is 0 Å². The Morgan fingerprint density at radius 2 is 1.93 bits per heavy atom. The van der Waals surface area contributed by atoms with Crippen LogP contribution in [0.15, 0.2) is 40.9 Å². The van der Waals surface area contributed by atoms with E-state index in [0.29, 0.717) is 23.8 Å². The number of hydrogen-bond acceptors (Lipinski definition) is 8. The third kappa shape index (κ3) is 8.63. The highest BCUT2D eigenvalue weighted by molar-refractivity contribution is 5.94. The highest BCUT2D eigenvalue weighted by Gasteiger charge is 2.33. The standard InChI is InChI=1S/C29H34F2N4O6/c1-16-5-9-19(33-13-16)14-34-25(36)23-24(22(40-28(32)37)12-29(2,3)4)41-26(35-23)18-8-10-20(39-27(30)31)21(11-18)38-15-17-6-7-17/h5,8-11,13,17,22,27H,6-7,12,14-15H2,1-4H3,(H2,32,37)(H,34,36)/t22-/m0/s1. The van der Waals surface area contributed by atoms with E-state index in [1.165, 1.54) is 18.2 Å². The summed E-state index contributed by atoms with van der Waals surface area (Å²) in [6.07, 6.45) is 1.88. The second-order valence-corrected chi connectivity index (χ2v) is 11.2. The number of amides is 2. The van der Waals surface area contributed by atoms with Gasteiger partial charge in [0.2, 0.25) is 5.89 Å². The molecule has 4 rings (SSSR count). The minimum atomic E-state index is -3.04. The summed E-state index contributed by atoms with van der Waals surface area (Å²) in [4.78, 5) is 33.9. The molecule has 220 valence electrons. The van der Waals surface area contributed by atoms with Gasteiger partial charge < -0.3 is 29.7 Å². The van der Waals surface area contributed by atoms with Crippen molar-refractivity contribution in [3.8, 4) is 23.0 Å². The molecule has 2 aromatic heterocycles. The zero-order valence-electron chi connectivity index (χ0n) is 23.4. The second-order valence-electron chi connectivity index (χ2n) is 11.2. The van der Waals surface area contributed by atoms with Crippen LogP contribution in [0.3, 0.4) is 0 Å². The smallest absolute Gasteiger partial charge is 0.405 e. The van der Waals surface area contributed by atoms with Gasteiger partial charge in [0.1, 0.15) is 0 Å². The van der Waals surface area contributed by atoms with Crippen LogP contribution in [-0.4, -0.2) is 35.2 Å². The molecule has 3 aromatic rings. The molecule has 41 heavy (non-hydrogen) atoms. The normalized spacial score (nSPS) is 14.0. The molecule has 12 heteroatoms. The number of benzene rings is 1. The minimum absolute atomic E-state index is 0.00329. The van der Waals surface area contributed by atoms with E-state index >= 15 is 0 Å². The van der Waals surface area contributed by atoms with Crippen LogP contribution < -0.4 is 20.5 Å². The van der Waals surface area contributed by atoms with Gasteiger partial charge in [-0.2, -0.15) is 8.78 Å². The van der Waals surface area contributed by atoms with Crippen LogP contribution in [0, 0.1) is 18.3 Å². The van der Waals surface area contributed by atoms with Gasteiger partial charge in [0.25, 0.3) is 5.91 Å². The van der Waals surface area contributed by atoms with Crippen LogP contribution in [0.1, 0.15) is 73.6 Å². The van der Waals surface area contributed by atoms with Gasteiger partial charge in [-0.1, -0.05) is 26.8 Å². The van der Waals surface area contributed by atoms with Gasteiger partial charge in [0, 0.05) is 11.8 Å². The van der Waals surface area contributed by atoms with Crippen molar-refractivity contribution in [3.63, 3.8) is 0 Å². The summed E-state index contributed by atoms with van der Waals surface area (Å²) < 4.78 is 47.8. The fraction of sp³-hybridized carbons (Fsp3) is 0.448. The molecule has 1 atom stereocenters. The number of nitrogens with one attached hydrogen (secondary N) is 1. The number of carbonyl (C=O) groups is 2. The van der Waals surface area contributed by atoms with Gasteiger partial charge in [-0.25, -0.2) is 9.78 Å². The monoisotopic (exact) mass is 572 g/mol. The largest absolute Gasteiger partial charge is 0.489 e. The van der Waals surface area contributed by atoms with E-state index in [2.05, 4.69) is 20.0 Å². The molecule has 10 nitrogen and oxygen atoms in total. The maximum absolute atomic E-state index is 13.4. The molecule has 1 aliphatic carbocycles. The number of nitrogens with zero attached hydrogens (tertiary/aromatic N) is 2. The van der Waals surface area contributed by atoms with Crippen molar-refractivity contribution < 1.29 is 37.0 Å². The van der Waals surface area contributed by atoms with Crippen molar-refractivity contribution in [3.05, 3.63) is 59.2 Å². The van der Waals surface area contributed by atoms with Gasteiger partial charge >= 0.3 is 12.7 Å².